The first-order chi connectivity index (χ1) is 9.31. The minimum absolute atomic E-state index is 0.423. The molecule has 6 heteroatoms. The van der Waals surface area contributed by atoms with E-state index < -0.39 is 0 Å². The third kappa shape index (κ3) is 3.96. The van der Waals surface area contributed by atoms with Crippen LogP contribution in [0.3, 0.4) is 0 Å². The summed E-state index contributed by atoms with van der Waals surface area (Å²) >= 11 is 0. The second-order valence-electron chi connectivity index (χ2n) is 4.83. The molecule has 0 saturated carbocycles. The number of nitrogens with zero attached hydrogens (tertiary/aromatic N) is 3. The van der Waals surface area contributed by atoms with E-state index in [9.17, 15) is 0 Å². The van der Waals surface area contributed by atoms with Crippen molar-refractivity contribution in [2.75, 3.05) is 44.3 Å². The minimum Gasteiger partial charge on any atom is -0.479 e. The van der Waals surface area contributed by atoms with Gasteiger partial charge >= 0.3 is 0 Å². The Hall–Kier alpha value is -1.56. The topological polar surface area (TPSA) is 76.3 Å². The fourth-order valence-corrected chi connectivity index (χ4v) is 2.38. The van der Waals surface area contributed by atoms with Gasteiger partial charge in [0, 0.05) is 13.1 Å². The molecule has 1 aliphatic rings. The third-order valence-corrected chi connectivity index (χ3v) is 3.46. The van der Waals surface area contributed by atoms with Crippen LogP contribution in [0.1, 0.15) is 25.7 Å². The van der Waals surface area contributed by atoms with E-state index in [2.05, 4.69) is 20.2 Å². The Morgan fingerprint density at radius 2 is 2.00 bits per heavy atom. The molecule has 1 aromatic rings. The van der Waals surface area contributed by atoms with E-state index in [-0.39, 0.29) is 0 Å². The lowest BCUT2D eigenvalue weighted by atomic mass is 10.2. The number of nitrogens with two attached hydrogens (primary N) is 1. The molecule has 0 radical (unpaired) electrons. The minimum atomic E-state index is 0.423. The van der Waals surface area contributed by atoms with Crippen molar-refractivity contribution in [3.05, 3.63) is 6.33 Å². The van der Waals surface area contributed by atoms with E-state index in [4.69, 9.17) is 10.5 Å². The second-order valence-corrected chi connectivity index (χ2v) is 4.83. The number of rotatable bonds is 5. The van der Waals surface area contributed by atoms with Crippen LogP contribution >= 0.6 is 0 Å². The lowest BCUT2D eigenvalue weighted by Gasteiger charge is -2.20. The summed E-state index contributed by atoms with van der Waals surface area (Å²) in [5, 5.41) is 3.26. The van der Waals surface area contributed by atoms with Crippen LogP contribution in [0.25, 0.3) is 0 Å². The van der Waals surface area contributed by atoms with Crippen molar-refractivity contribution in [2.24, 2.45) is 0 Å². The van der Waals surface area contributed by atoms with Crippen molar-refractivity contribution in [1.82, 2.24) is 14.9 Å². The lowest BCUT2D eigenvalue weighted by Crippen LogP contribution is -2.30. The van der Waals surface area contributed by atoms with E-state index in [1.165, 1.54) is 45.1 Å². The highest BCUT2D eigenvalue weighted by atomic mass is 16.5. The molecule has 0 aliphatic carbocycles. The molecule has 0 atom stereocenters. The SMILES string of the molecule is COc1ncnc(NCCN2CCCCCC2)c1N. The van der Waals surface area contributed by atoms with Crippen LogP contribution in [-0.2, 0) is 0 Å². The average Bonchev–Trinajstić information content (AvgIpc) is 2.69. The summed E-state index contributed by atoms with van der Waals surface area (Å²) in [6.07, 6.45) is 6.80. The molecule has 1 aliphatic heterocycles. The van der Waals surface area contributed by atoms with Gasteiger partial charge in [0.1, 0.15) is 12.0 Å². The maximum atomic E-state index is 5.91. The molecule has 2 heterocycles. The molecule has 19 heavy (non-hydrogen) atoms. The van der Waals surface area contributed by atoms with Crippen LogP contribution in [0.5, 0.6) is 5.88 Å². The molecule has 0 aromatic carbocycles. The summed E-state index contributed by atoms with van der Waals surface area (Å²) in [4.78, 5) is 10.6. The highest BCUT2D eigenvalue weighted by Gasteiger charge is 2.10. The smallest absolute Gasteiger partial charge is 0.242 e. The molecule has 1 aromatic heterocycles. The first kappa shape index (κ1) is 13.9. The van der Waals surface area contributed by atoms with E-state index in [0.717, 1.165) is 13.1 Å². The predicted molar refractivity (Wildman–Crippen MR) is 76.4 cm³/mol. The largest absolute Gasteiger partial charge is 0.479 e. The van der Waals surface area contributed by atoms with Gasteiger partial charge in [0.2, 0.25) is 5.88 Å². The number of likely N-dealkylation sites (tertiary alicyclic amines) is 1. The number of ether oxygens (including phenoxy) is 1. The van der Waals surface area contributed by atoms with Crippen LogP contribution in [0.2, 0.25) is 0 Å². The Bertz CT molecular complexity index is 391. The van der Waals surface area contributed by atoms with Crippen molar-refractivity contribution in [2.45, 2.75) is 25.7 Å². The van der Waals surface area contributed by atoms with Crippen molar-refractivity contribution in [3.63, 3.8) is 0 Å². The van der Waals surface area contributed by atoms with Crippen LogP contribution in [0, 0.1) is 0 Å². The maximum Gasteiger partial charge on any atom is 0.242 e. The number of hydrogen-bond acceptors (Lipinski definition) is 6. The normalized spacial score (nSPS) is 16.9. The molecular weight excluding hydrogens is 242 g/mol. The van der Waals surface area contributed by atoms with Crippen LogP contribution < -0.4 is 15.8 Å². The van der Waals surface area contributed by atoms with Crippen molar-refractivity contribution >= 4 is 11.5 Å². The first-order valence-electron chi connectivity index (χ1n) is 6.92. The van der Waals surface area contributed by atoms with E-state index in [0.29, 0.717) is 17.4 Å². The van der Waals surface area contributed by atoms with Crippen LogP contribution in [0.4, 0.5) is 11.5 Å². The van der Waals surface area contributed by atoms with E-state index >= 15 is 0 Å². The van der Waals surface area contributed by atoms with Gasteiger partial charge in [-0.25, -0.2) is 4.98 Å². The summed E-state index contributed by atoms with van der Waals surface area (Å²) in [5.41, 5.74) is 6.38. The van der Waals surface area contributed by atoms with Crippen molar-refractivity contribution in [1.29, 1.82) is 0 Å². The highest BCUT2D eigenvalue weighted by Crippen LogP contribution is 2.23. The molecule has 2 rings (SSSR count). The van der Waals surface area contributed by atoms with Gasteiger partial charge in [-0.3, -0.25) is 0 Å². The Morgan fingerprint density at radius 1 is 1.26 bits per heavy atom. The molecule has 1 saturated heterocycles. The molecule has 6 nitrogen and oxygen atoms in total. The number of nitrogen functional groups attached to an aromatic ring is 1. The average molecular weight is 265 g/mol. The van der Waals surface area contributed by atoms with Crippen LogP contribution in [0.15, 0.2) is 6.33 Å². The summed E-state index contributed by atoms with van der Waals surface area (Å²) in [7, 11) is 1.56. The molecule has 0 amide bonds. The highest BCUT2D eigenvalue weighted by molar-refractivity contribution is 5.66. The monoisotopic (exact) mass is 265 g/mol. The fourth-order valence-electron chi connectivity index (χ4n) is 2.38. The maximum absolute atomic E-state index is 5.91. The van der Waals surface area contributed by atoms with Gasteiger partial charge in [0.25, 0.3) is 0 Å². The molecular formula is C13H23N5O. The zero-order valence-electron chi connectivity index (χ0n) is 11.6. The lowest BCUT2D eigenvalue weighted by molar-refractivity contribution is 0.296. The van der Waals surface area contributed by atoms with E-state index in [1.54, 1.807) is 7.11 Å². The number of hydrogen-bond donors (Lipinski definition) is 2. The number of aromatic nitrogens is 2. The van der Waals surface area contributed by atoms with Crippen molar-refractivity contribution < 1.29 is 4.74 Å². The van der Waals surface area contributed by atoms with Gasteiger partial charge in [-0.15, -0.1) is 0 Å². The van der Waals surface area contributed by atoms with Gasteiger partial charge < -0.3 is 20.7 Å². The summed E-state index contributed by atoms with van der Waals surface area (Å²) in [6, 6.07) is 0. The molecule has 1 fully saturated rings. The van der Waals surface area contributed by atoms with Gasteiger partial charge in [0.05, 0.1) is 7.11 Å². The Labute approximate surface area is 114 Å². The molecule has 0 bridgehead atoms. The summed E-state index contributed by atoms with van der Waals surface area (Å²) < 4.78 is 5.07. The molecule has 3 N–H and O–H groups in total. The quantitative estimate of drug-likeness (QED) is 0.837. The van der Waals surface area contributed by atoms with Gasteiger partial charge in [-0.1, -0.05) is 12.8 Å². The second kappa shape index (κ2) is 7.13. The zero-order chi connectivity index (χ0) is 13.5. The van der Waals surface area contributed by atoms with Crippen LogP contribution in [-0.4, -0.2) is 48.2 Å². The molecule has 106 valence electrons. The third-order valence-electron chi connectivity index (χ3n) is 3.46. The van der Waals surface area contributed by atoms with Gasteiger partial charge in [-0.2, -0.15) is 4.98 Å². The van der Waals surface area contributed by atoms with Crippen molar-refractivity contribution in [3.8, 4) is 5.88 Å². The Morgan fingerprint density at radius 3 is 2.68 bits per heavy atom. The molecule has 0 spiro atoms. The van der Waals surface area contributed by atoms with Gasteiger partial charge in [0.15, 0.2) is 5.82 Å². The summed E-state index contributed by atoms with van der Waals surface area (Å²) in [5.74, 6) is 1.08. The zero-order valence-corrected chi connectivity index (χ0v) is 11.6. The molecule has 0 unspecified atom stereocenters. The fraction of sp³-hybridized carbons (Fsp3) is 0.692. The Kier molecular flexibility index (Phi) is 5.20. The summed E-state index contributed by atoms with van der Waals surface area (Å²) in [6.45, 7) is 4.25. The number of anilines is 2. The number of methoxy groups -OCH3 is 1. The number of nitrogens with one attached hydrogen (secondary N) is 1. The van der Waals surface area contributed by atoms with E-state index in [1.807, 2.05) is 0 Å². The first-order valence-corrected chi connectivity index (χ1v) is 6.92. The standard InChI is InChI=1S/C13H23N5O/c1-19-13-11(14)12(16-10-17-13)15-6-9-18-7-4-2-3-5-8-18/h10H,2-9,14H2,1H3,(H,15,16,17). The van der Waals surface area contributed by atoms with Gasteiger partial charge in [-0.05, 0) is 25.9 Å². The Balaban J connectivity index is 1.81. The predicted octanol–water partition coefficient (Wildman–Crippen LogP) is 1.36.